The third kappa shape index (κ3) is 8.05. The second-order valence-electron chi connectivity index (χ2n) is 7.36. The van der Waals surface area contributed by atoms with E-state index in [-0.39, 0.29) is 24.9 Å². The highest BCUT2D eigenvalue weighted by molar-refractivity contribution is 5.92. The molecule has 0 fully saturated rings. The van der Waals surface area contributed by atoms with Gasteiger partial charge in [-0.2, -0.15) is 18.2 Å². The molecule has 186 valence electrons. The first-order valence-electron chi connectivity index (χ1n) is 10.7. The number of nitrogens with one attached hydrogen (secondary N) is 2. The maximum atomic E-state index is 12.6. The molecule has 0 atom stereocenters. The van der Waals surface area contributed by atoms with Crippen LogP contribution in [0.2, 0.25) is 0 Å². The third-order valence-corrected chi connectivity index (χ3v) is 4.79. The molecule has 0 radical (unpaired) electrons. The monoisotopic (exact) mass is 491 g/mol. The van der Waals surface area contributed by atoms with Gasteiger partial charge in [-0.3, -0.25) is 14.6 Å². The molecule has 8 nitrogen and oxygen atoms in total. The van der Waals surface area contributed by atoms with Crippen LogP contribution in [0.4, 0.5) is 13.2 Å². The molecular formula is C24H24F3N3O5. The van der Waals surface area contributed by atoms with E-state index in [1.54, 1.807) is 31.4 Å². The molecular weight excluding hydrogens is 467 g/mol. The molecule has 2 N–H and O–H groups in total. The molecule has 1 heterocycles. The largest absolute Gasteiger partial charge is 0.497 e. The number of ether oxygens (including phenoxy) is 3. The van der Waals surface area contributed by atoms with Crippen molar-refractivity contribution < 1.29 is 32.2 Å². The van der Waals surface area contributed by atoms with Crippen LogP contribution in [0.25, 0.3) is 0 Å². The first-order chi connectivity index (χ1) is 16.7. The van der Waals surface area contributed by atoms with Crippen molar-refractivity contribution in [1.29, 1.82) is 0 Å². The highest BCUT2D eigenvalue weighted by Crippen LogP contribution is 2.29. The minimum atomic E-state index is -4.40. The number of rotatable bonds is 11. The lowest BCUT2D eigenvalue weighted by atomic mass is 10.1. The van der Waals surface area contributed by atoms with Crippen molar-refractivity contribution in [3.05, 3.63) is 81.8 Å². The third-order valence-electron chi connectivity index (χ3n) is 4.79. The fourth-order valence-corrected chi connectivity index (χ4v) is 2.98. The number of carbonyl (C=O) groups is 1. The quantitative estimate of drug-likeness (QED) is 0.398. The van der Waals surface area contributed by atoms with E-state index in [0.717, 1.165) is 23.9 Å². The number of halogens is 3. The smallest absolute Gasteiger partial charge is 0.416 e. The lowest BCUT2D eigenvalue weighted by molar-refractivity contribution is -0.137. The zero-order valence-electron chi connectivity index (χ0n) is 18.9. The van der Waals surface area contributed by atoms with E-state index in [2.05, 4.69) is 15.3 Å². The van der Waals surface area contributed by atoms with Crippen molar-refractivity contribution >= 4 is 5.91 Å². The number of carbonyl (C=O) groups excluding carboxylic acids is 1. The summed E-state index contributed by atoms with van der Waals surface area (Å²) in [7, 11) is 1.58. The zero-order chi connectivity index (χ0) is 25.3. The Kier molecular flexibility index (Phi) is 8.71. The maximum absolute atomic E-state index is 12.6. The van der Waals surface area contributed by atoms with Gasteiger partial charge >= 0.3 is 6.18 Å². The molecule has 1 amide bonds. The van der Waals surface area contributed by atoms with Crippen LogP contribution >= 0.6 is 0 Å². The number of benzene rings is 2. The molecule has 0 aliphatic rings. The summed E-state index contributed by atoms with van der Waals surface area (Å²) in [5, 5.41) is 2.59. The Morgan fingerprint density at radius 1 is 1.00 bits per heavy atom. The number of amides is 1. The average molecular weight is 491 g/mol. The van der Waals surface area contributed by atoms with Gasteiger partial charge in [-0.1, -0.05) is 12.1 Å². The standard InChI is InChI=1S/C24H24F3N3O5/c1-33-18-7-9-19(10-8-18)34-13-2-14-35-23-29-20(15-21(31)30-23)22(32)28-12-11-16-3-5-17(6-4-16)24(25,26)27/h3-10,15H,2,11-14H2,1H3,(H,28,32)(H,29,30,31). The molecule has 0 aliphatic heterocycles. The van der Waals surface area contributed by atoms with Crippen molar-refractivity contribution in [3.63, 3.8) is 0 Å². The zero-order valence-corrected chi connectivity index (χ0v) is 18.9. The van der Waals surface area contributed by atoms with E-state index in [4.69, 9.17) is 14.2 Å². The summed E-state index contributed by atoms with van der Waals surface area (Å²) >= 11 is 0. The van der Waals surface area contributed by atoms with Gasteiger partial charge in [0.25, 0.3) is 17.5 Å². The van der Waals surface area contributed by atoms with E-state index >= 15 is 0 Å². The fraction of sp³-hybridized carbons (Fsp3) is 0.292. The Morgan fingerprint density at radius 3 is 2.31 bits per heavy atom. The molecule has 0 aliphatic carbocycles. The van der Waals surface area contributed by atoms with Crippen LogP contribution in [0, 0.1) is 0 Å². The van der Waals surface area contributed by atoms with Crippen LogP contribution in [-0.2, 0) is 12.6 Å². The lowest BCUT2D eigenvalue weighted by Crippen LogP contribution is -2.28. The van der Waals surface area contributed by atoms with E-state index < -0.39 is 23.2 Å². The van der Waals surface area contributed by atoms with Crippen LogP contribution in [0.3, 0.4) is 0 Å². The van der Waals surface area contributed by atoms with Gasteiger partial charge in [0.2, 0.25) is 0 Å². The van der Waals surface area contributed by atoms with E-state index in [9.17, 15) is 22.8 Å². The number of hydrogen-bond acceptors (Lipinski definition) is 6. The van der Waals surface area contributed by atoms with Gasteiger partial charge in [0.15, 0.2) is 0 Å². The molecule has 11 heteroatoms. The summed E-state index contributed by atoms with van der Waals surface area (Å²) in [6.45, 7) is 0.705. The topological polar surface area (TPSA) is 103 Å². The molecule has 35 heavy (non-hydrogen) atoms. The highest BCUT2D eigenvalue weighted by atomic mass is 19.4. The molecule has 3 aromatic rings. The highest BCUT2D eigenvalue weighted by Gasteiger charge is 2.29. The van der Waals surface area contributed by atoms with Crippen molar-refractivity contribution in [2.45, 2.75) is 19.0 Å². The maximum Gasteiger partial charge on any atom is 0.416 e. The predicted molar refractivity (Wildman–Crippen MR) is 121 cm³/mol. The Hall–Kier alpha value is -4.02. The van der Waals surface area contributed by atoms with Gasteiger partial charge in [0.1, 0.15) is 17.2 Å². The van der Waals surface area contributed by atoms with Crippen LogP contribution in [0.1, 0.15) is 28.0 Å². The van der Waals surface area contributed by atoms with Crippen LogP contribution in [0.5, 0.6) is 17.5 Å². The fourth-order valence-electron chi connectivity index (χ4n) is 2.98. The summed E-state index contributed by atoms with van der Waals surface area (Å²) in [5.74, 6) is 0.794. The second-order valence-corrected chi connectivity index (χ2v) is 7.36. The first kappa shape index (κ1) is 25.6. The van der Waals surface area contributed by atoms with Gasteiger partial charge in [-0.15, -0.1) is 0 Å². The SMILES string of the molecule is COc1ccc(OCCCOc2nc(C(=O)NCCc3ccc(C(F)(F)F)cc3)cc(=O)[nH]2)cc1. The van der Waals surface area contributed by atoms with Crippen LogP contribution in [0.15, 0.2) is 59.4 Å². The number of nitrogens with zero attached hydrogens (tertiary/aromatic N) is 1. The average Bonchev–Trinajstić information content (AvgIpc) is 2.83. The summed E-state index contributed by atoms with van der Waals surface area (Å²) in [5.41, 5.74) is -0.807. The first-order valence-corrected chi connectivity index (χ1v) is 10.7. The van der Waals surface area contributed by atoms with Crippen molar-refractivity contribution in [3.8, 4) is 17.5 Å². The molecule has 2 aromatic carbocycles. The number of aromatic nitrogens is 2. The number of methoxy groups -OCH3 is 1. The lowest BCUT2D eigenvalue weighted by Gasteiger charge is -2.09. The van der Waals surface area contributed by atoms with Crippen LogP contribution < -0.4 is 25.1 Å². The Labute approximate surface area is 199 Å². The Bertz CT molecular complexity index is 1160. The molecule has 1 aromatic heterocycles. The van der Waals surface area contributed by atoms with Crippen molar-refractivity contribution in [1.82, 2.24) is 15.3 Å². The Morgan fingerprint density at radius 2 is 1.66 bits per heavy atom. The molecule has 0 saturated heterocycles. The predicted octanol–water partition coefficient (Wildman–Crippen LogP) is 3.62. The number of H-pyrrole nitrogens is 1. The molecule has 0 bridgehead atoms. The number of alkyl halides is 3. The number of hydrogen-bond donors (Lipinski definition) is 2. The molecule has 0 unspecified atom stereocenters. The summed E-state index contributed by atoms with van der Waals surface area (Å²) < 4.78 is 54.0. The van der Waals surface area contributed by atoms with E-state index in [0.29, 0.717) is 30.8 Å². The van der Waals surface area contributed by atoms with Crippen molar-refractivity contribution in [2.24, 2.45) is 0 Å². The van der Waals surface area contributed by atoms with Gasteiger partial charge in [0, 0.05) is 19.0 Å². The molecule has 3 rings (SSSR count). The molecule has 0 saturated carbocycles. The Balaban J connectivity index is 1.43. The minimum absolute atomic E-state index is 0.102. The van der Waals surface area contributed by atoms with E-state index in [1.807, 2.05) is 0 Å². The van der Waals surface area contributed by atoms with Gasteiger partial charge in [-0.25, -0.2) is 0 Å². The van der Waals surface area contributed by atoms with Crippen LogP contribution in [-0.4, -0.2) is 42.7 Å². The normalized spacial score (nSPS) is 11.1. The van der Waals surface area contributed by atoms with Crippen molar-refractivity contribution in [2.75, 3.05) is 26.9 Å². The summed E-state index contributed by atoms with van der Waals surface area (Å²) in [6.07, 6.45) is -3.59. The molecule has 0 spiro atoms. The summed E-state index contributed by atoms with van der Waals surface area (Å²) in [4.78, 5) is 30.6. The van der Waals surface area contributed by atoms with E-state index in [1.165, 1.54) is 12.1 Å². The second kappa shape index (κ2) is 11.9. The number of aromatic amines is 1. The van der Waals surface area contributed by atoms with Gasteiger partial charge < -0.3 is 19.5 Å². The minimum Gasteiger partial charge on any atom is -0.497 e. The van der Waals surface area contributed by atoms with Gasteiger partial charge in [-0.05, 0) is 48.4 Å². The summed E-state index contributed by atoms with van der Waals surface area (Å²) in [6, 6.07) is 12.7. The van der Waals surface area contributed by atoms with Gasteiger partial charge in [0.05, 0.1) is 25.9 Å².